The molecule has 5 nitrogen and oxygen atoms in total. The predicted molar refractivity (Wildman–Crippen MR) is 54.4 cm³/mol. The zero-order valence-corrected chi connectivity index (χ0v) is 9.92. The fourth-order valence-electron chi connectivity index (χ4n) is 0.799. The Kier molecular flexibility index (Phi) is 5.33. The molecular weight excluding hydrogens is 220 g/mol. The Morgan fingerprint density at radius 2 is 1.67 bits per heavy atom. The Morgan fingerprint density at radius 1 is 1.20 bits per heavy atom. The minimum absolute atomic E-state index is 0.437. The van der Waals surface area contributed by atoms with Crippen LogP contribution in [0.3, 0.4) is 0 Å². The number of hydrogen-bond acceptors (Lipinski definition) is 5. The first-order chi connectivity index (χ1) is 6.70. The molecule has 0 saturated carbocycles. The number of ether oxygens (including phenoxy) is 1. The summed E-state index contributed by atoms with van der Waals surface area (Å²) in [7, 11) is -3.50. The smallest absolute Gasteiger partial charge is 0.303 e. The van der Waals surface area contributed by atoms with Gasteiger partial charge in [0.05, 0.1) is 6.26 Å². The van der Waals surface area contributed by atoms with Gasteiger partial charge in [-0.05, 0) is 13.8 Å². The lowest BCUT2D eigenvalue weighted by molar-refractivity contribution is -0.143. The van der Waals surface area contributed by atoms with Crippen LogP contribution in [-0.4, -0.2) is 32.9 Å². The summed E-state index contributed by atoms with van der Waals surface area (Å²) in [5, 5.41) is 0. The lowest BCUT2D eigenvalue weighted by atomic mass is 10.3. The molecule has 0 aromatic carbocycles. The van der Waals surface area contributed by atoms with E-state index in [1.807, 2.05) is 0 Å². The summed E-state index contributed by atoms with van der Waals surface area (Å²) in [6, 6.07) is 0. The van der Waals surface area contributed by atoms with E-state index in [9.17, 15) is 13.2 Å². The van der Waals surface area contributed by atoms with Gasteiger partial charge < -0.3 is 4.74 Å². The highest BCUT2D eigenvalue weighted by Crippen LogP contribution is 1.96. The topological polar surface area (TPSA) is 69.7 Å². The Hall–Kier alpha value is -1.06. The normalized spacial score (nSPS) is 14.7. The van der Waals surface area contributed by atoms with Gasteiger partial charge in [0.2, 0.25) is 0 Å². The highest BCUT2D eigenvalue weighted by molar-refractivity contribution is 7.86. The highest BCUT2D eigenvalue weighted by Gasteiger charge is 2.07. The second kappa shape index (κ2) is 5.73. The maximum atomic E-state index is 10.7. The highest BCUT2D eigenvalue weighted by atomic mass is 32.2. The lowest BCUT2D eigenvalue weighted by Gasteiger charge is -2.05. The van der Waals surface area contributed by atoms with Crippen LogP contribution >= 0.6 is 0 Å². The molecule has 0 heterocycles. The lowest BCUT2D eigenvalue weighted by Crippen LogP contribution is -2.14. The molecular formula is C9H14O5S. The van der Waals surface area contributed by atoms with E-state index in [1.54, 1.807) is 6.92 Å². The molecule has 0 bridgehead atoms. The van der Waals surface area contributed by atoms with Crippen LogP contribution in [0.2, 0.25) is 0 Å². The average Bonchev–Trinajstić information content (AvgIpc) is 1.96. The van der Waals surface area contributed by atoms with Crippen LogP contribution in [0.1, 0.15) is 20.8 Å². The largest absolute Gasteiger partial charge is 0.450 e. The first-order valence-corrected chi connectivity index (χ1v) is 6.09. The molecule has 15 heavy (non-hydrogen) atoms. The van der Waals surface area contributed by atoms with Gasteiger partial charge in [0, 0.05) is 6.92 Å². The fraction of sp³-hybridized carbons (Fsp3) is 0.667. The summed E-state index contributed by atoms with van der Waals surface area (Å²) in [6.07, 6.45) is -0.383. The van der Waals surface area contributed by atoms with E-state index in [-0.39, 0.29) is 0 Å². The Labute approximate surface area is 89.9 Å². The van der Waals surface area contributed by atoms with E-state index in [0.29, 0.717) is 0 Å². The van der Waals surface area contributed by atoms with Crippen LogP contribution in [0.5, 0.6) is 0 Å². The quantitative estimate of drug-likeness (QED) is 0.399. The van der Waals surface area contributed by atoms with Crippen molar-refractivity contribution in [1.82, 2.24) is 0 Å². The van der Waals surface area contributed by atoms with Gasteiger partial charge >= 0.3 is 5.97 Å². The fourth-order valence-corrected chi connectivity index (χ4v) is 1.37. The SMILES string of the molecule is CC(=O)OC(C)C#CC(C)OS(C)(=O)=O. The molecule has 6 heteroatoms. The number of rotatable bonds is 3. The van der Waals surface area contributed by atoms with Crippen LogP contribution in [0.4, 0.5) is 0 Å². The third-order valence-electron chi connectivity index (χ3n) is 1.15. The van der Waals surface area contributed by atoms with Crippen LogP contribution < -0.4 is 0 Å². The third kappa shape index (κ3) is 9.25. The monoisotopic (exact) mass is 234 g/mol. The number of carbonyl (C=O) groups is 1. The summed E-state index contributed by atoms with van der Waals surface area (Å²) < 4.78 is 30.6. The molecule has 0 aliphatic rings. The van der Waals surface area contributed by atoms with Crippen LogP contribution in [-0.2, 0) is 23.8 Å². The molecule has 2 atom stereocenters. The molecule has 0 aromatic heterocycles. The average molecular weight is 234 g/mol. The predicted octanol–water partition coefficient (Wildman–Crippen LogP) is 0.306. The molecule has 0 fully saturated rings. The van der Waals surface area contributed by atoms with Gasteiger partial charge in [-0.25, -0.2) is 0 Å². The van der Waals surface area contributed by atoms with Gasteiger partial charge in [0.15, 0.2) is 6.10 Å². The molecule has 0 rings (SSSR count). The summed E-state index contributed by atoms with van der Waals surface area (Å²) in [5.74, 6) is 4.63. The van der Waals surface area contributed by atoms with Crippen molar-refractivity contribution in [1.29, 1.82) is 0 Å². The molecule has 0 radical (unpaired) electrons. The Bertz CT molecular complexity index is 373. The molecule has 0 spiro atoms. The van der Waals surface area contributed by atoms with Gasteiger partial charge in [-0.1, -0.05) is 11.8 Å². The van der Waals surface area contributed by atoms with Crippen molar-refractivity contribution < 1.29 is 22.1 Å². The Balaban J connectivity index is 4.22. The second-order valence-corrected chi connectivity index (χ2v) is 4.58. The summed E-state index contributed by atoms with van der Waals surface area (Å²) >= 11 is 0. The molecule has 0 N–H and O–H groups in total. The van der Waals surface area contributed by atoms with Crippen LogP contribution in [0.25, 0.3) is 0 Å². The first-order valence-electron chi connectivity index (χ1n) is 4.27. The standard InChI is InChI=1S/C9H14O5S/c1-7(13-9(3)10)5-6-8(2)14-15(4,11)12/h7-8H,1-4H3. The van der Waals surface area contributed by atoms with E-state index >= 15 is 0 Å². The van der Waals surface area contributed by atoms with Crippen molar-refractivity contribution in [2.75, 3.05) is 6.26 Å². The molecule has 0 saturated heterocycles. The van der Waals surface area contributed by atoms with Crippen molar-refractivity contribution >= 4 is 16.1 Å². The molecule has 0 aliphatic heterocycles. The zero-order chi connectivity index (χ0) is 12.1. The summed E-state index contributed by atoms with van der Waals surface area (Å²) in [6.45, 7) is 4.35. The molecule has 86 valence electrons. The van der Waals surface area contributed by atoms with E-state index in [2.05, 4.69) is 16.0 Å². The van der Waals surface area contributed by atoms with Gasteiger partial charge in [-0.2, -0.15) is 8.42 Å². The van der Waals surface area contributed by atoms with Gasteiger partial charge in [-0.3, -0.25) is 8.98 Å². The van der Waals surface area contributed by atoms with E-state index in [4.69, 9.17) is 4.74 Å². The van der Waals surface area contributed by atoms with Gasteiger partial charge in [0.1, 0.15) is 6.10 Å². The van der Waals surface area contributed by atoms with E-state index in [1.165, 1.54) is 13.8 Å². The minimum atomic E-state index is -3.50. The van der Waals surface area contributed by atoms with Crippen LogP contribution in [0.15, 0.2) is 0 Å². The maximum Gasteiger partial charge on any atom is 0.303 e. The third-order valence-corrected chi connectivity index (χ3v) is 1.79. The summed E-state index contributed by atoms with van der Waals surface area (Å²) in [4.78, 5) is 10.5. The van der Waals surface area contributed by atoms with Crippen molar-refractivity contribution in [2.24, 2.45) is 0 Å². The molecule has 0 aromatic rings. The number of carbonyl (C=O) groups excluding carboxylic acids is 1. The molecule has 0 aliphatic carbocycles. The number of esters is 1. The van der Waals surface area contributed by atoms with E-state index in [0.717, 1.165) is 6.26 Å². The summed E-state index contributed by atoms with van der Waals surface area (Å²) in [5.41, 5.74) is 0. The Morgan fingerprint density at radius 3 is 2.07 bits per heavy atom. The minimum Gasteiger partial charge on any atom is -0.450 e. The van der Waals surface area contributed by atoms with E-state index < -0.39 is 28.3 Å². The van der Waals surface area contributed by atoms with Crippen molar-refractivity contribution in [2.45, 2.75) is 33.0 Å². The van der Waals surface area contributed by atoms with Crippen molar-refractivity contribution in [3.05, 3.63) is 0 Å². The van der Waals surface area contributed by atoms with Gasteiger partial charge in [-0.15, -0.1) is 0 Å². The second-order valence-electron chi connectivity index (χ2n) is 2.98. The van der Waals surface area contributed by atoms with Gasteiger partial charge in [0.25, 0.3) is 10.1 Å². The van der Waals surface area contributed by atoms with Crippen molar-refractivity contribution in [3.8, 4) is 11.8 Å². The maximum absolute atomic E-state index is 10.7. The molecule has 2 unspecified atom stereocenters. The van der Waals surface area contributed by atoms with Crippen LogP contribution in [0, 0.1) is 11.8 Å². The van der Waals surface area contributed by atoms with Crippen molar-refractivity contribution in [3.63, 3.8) is 0 Å². The molecule has 0 amide bonds. The first kappa shape index (κ1) is 13.9. The number of hydrogen-bond donors (Lipinski definition) is 0. The zero-order valence-electron chi connectivity index (χ0n) is 9.10.